The van der Waals surface area contributed by atoms with E-state index in [1.165, 1.54) is 4.88 Å². The fourth-order valence-electron chi connectivity index (χ4n) is 2.20. The molecule has 0 radical (unpaired) electrons. The molecule has 0 fully saturated rings. The van der Waals surface area contributed by atoms with Crippen LogP contribution in [0.5, 0.6) is 0 Å². The molecule has 8 heteroatoms. The van der Waals surface area contributed by atoms with Crippen molar-refractivity contribution in [2.45, 2.75) is 20.1 Å². The summed E-state index contributed by atoms with van der Waals surface area (Å²) in [5, 5.41) is 8.35. The molecule has 0 amide bonds. The topological polar surface area (TPSA) is 38.9 Å². The van der Waals surface area contributed by atoms with Crippen LogP contribution in [0.3, 0.4) is 0 Å². The maximum Gasteiger partial charge on any atom is 0.221 e. The lowest BCUT2D eigenvalue weighted by Gasteiger charge is -2.18. The molecular formula is C15H16ClN5S2. The molecule has 0 N–H and O–H groups in total. The van der Waals surface area contributed by atoms with Gasteiger partial charge in [-0.3, -0.25) is 4.90 Å². The molecule has 0 aliphatic heterocycles. The van der Waals surface area contributed by atoms with Gasteiger partial charge in [-0.2, -0.15) is 4.68 Å². The normalized spacial score (nSPS) is 11.3. The third-order valence-corrected chi connectivity index (χ3v) is 5.03. The number of hydrogen-bond donors (Lipinski definition) is 0. The van der Waals surface area contributed by atoms with Gasteiger partial charge in [0.2, 0.25) is 4.77 Å². The molecule has 23 heavy (non-hydrogen) atoms. The number of nitrogens with zero attached hydrogens (tertiary/aromatic N) is 5. The van der Waals surface area contributed by atoms with E-state index in [9.17, 15) is 0 Å². The lowest BCUT2D eigenvalue weighted by molar-refractivity contribution is 0.207. The van der Waals surface area contributed by atoms with Crippen LogP contribution >= 0.6 is 35.2 Å². The molecular weight excluding hydrogens is 350 g/mol. The van der Waals surface area contributed by atoms with Gasteiger partial charge in [-0.25, -0.2) is 4.68 Å². The second kappa shape index (κ2) is 7.35. The molecule has 0 saturated carbocycles. The smallest absolute Gasteiger partial charge is 0.221 e. The zero-order valence-corrected chi connectivity index (χ0v) is 15.0. The van der Waals surface area contributed by atoms with E-state index < -0.39 is 0 Å². The average molecular weight is 366 g/mol. The molecule has 2 heterocycles. The van der Waals surface area contributed by atoms with Gasteiger partial charge in [0.1, 0.15) is 0 Å². The third-order valence-electron chi connectivity index (χ3n) is 3.43. The van der Waals surface area contributed by atoms with Gasteiger partial charge in [0.15, 0.2) is 0 Å². The average Bonchev–Trinajstić information content (AvgIpc) is 3.14. The number of halogens is 1. The van der Waals surface area contributed by atoms with E-state index in [0.29, 0.717) is 11.4 Å². The van der Waals surface area contributed by atoms with Crippen LogP contribution in [0.25, 0.3) is 5.69 Å². The number of thiophene rings is 1. The van der Waals surface area contributed by atoms with E-state index in [1.54, 1.807) is 20.7 Å². The van der Waals surface area contributed by atoms with Crippen molar-refractivity contribution in [3.05, 3.63) is 56.4 Å². The molecule has 0 saturated heterocycles. The van der Waals surface area contributed by atoms with Gasteiger partial charge in [0, 0.05) is 11.4 Å². The first-order chi connectivity index (χ1) is 11.2. The van der Waals surface area contributed by atoms with E-state index in [4.69, 9.17) is 23.8 Å². The summed E-state index contributed by atoms with van der Waals surface area (Å²) in [5.74, 6) is 0. The van der Waals surface area contributed by atoms with Crippen LogP contribution in [0.2, 0.25) is 4.34 Å². The molecule has 3 aromatic rings. The Balaban J connectivity index is 1.77. The summed E-state index contributed by atoms with van der Waals surface area (Å²) in [7, 11) is 0. The highest BCUT2D eigenvalue weighted by Gasteiger charge is 2.11. The first-order valence-electron chi connectivity index (χ1n) is 7.22. The third kappa shape index (κ3) is 3.87. The highest BCUT2D eigenvalue weighted by Crippen LogP contribution is 2.22. The minimum Gasteiger partial charge on any atom is -0.279 e. The maximum absolute atomic E-state index is 6.00. The van der Waals surface area contributed by atoms with E-state index in [2.05, 4.69) is 28.3 Å². The van der Waals surface area contributed by atoms with Gasteiger partial charge in [-0.15, -0.1) is 11.3 Å². The van der Waals surface area contributed by atoms with Crippen LogP contribution in [-0.4, -0.2) is 31.2 Å². The Morgan fingerprint density at radius 2 is 1.96 bits per heavy atom. The Kier molecular flexibility index (Phi) is 5.22. The van der Waals surface area contributed by atoms with E-state index in [0.717, 1.165) is 23.1 Å². The number of hydrogen-bond acceptors (Lipinski definition) is 5. The molecule has 0 aliphatic carbocycles. The minimum atomic E-state index is 0.582. The zero-order valence-electron chi connectivity index (χ0n) is 12.6. The van der Waals surface area contributed by atoms with Gasteiger partial charge in [-0.05, 0) is 53.5 Å². The zero-order chi connectivity index (χ0) is 16.2. The van der Waals surface area contributed by atoms with Crippen LogP contribution in [0.1, 0.15) is 11.8 Å². The van der Waals surface area contributed by atoms with Crippen molar-refractivity contribution in [2.24, 2.45) is 0 Å². The van der Waals surface area contributed by atoms with E-state index >= 15 is 0 Å². The van der Waals surface area contributed by atoms with E-state index in [1.807, 2.05) is 36.4 Å². The Bertz CT molecular complexity index is 824. The summed E-state index contributed by atoms with van der Waals surface area (Å²) in [4.78, 5) is 3.46. The Hall–Kier alpha value is -1.54. The molecule has 5 nitrogen and oxygen atoms in total. The first-order valence-corrected chi connectivity index (χ1v) is 8.82. The molecule has 0 spiro atoms. The Labute approximate surface area is 148 Å². The lowest BCUT2D eigenvalue weighted by atomic mass is 10.3. The minimum absolute atomic E-state index is 0.582. The van der Waals surface area contributed by atoms with Crippen molar-refractivity contribution in [1.29, 1.82) is 0 Å². The molecule has 120 valence electrons. The molecule has 0 atom stereocenters. The van der Waals surface area contributed by atoms with Gasteiger partial charge in [-0.1, -0.05) is 36.7 Å². The van der Waals surface area contributed by atoms with Crippen molar-refractivity contribution in [3.63, 3.8) is 0 Å². The summed E-state index contributed by atoms with van der Waals surface area (Å²) in [6.07, 6.45) is 0. The SMILES string of the molecule is CCN(Cc1ccc(Cl)s1)Cn1nnn(-c2ccccc2)c1=S. The molecule has 0 bridgehead atoms. The summed E-state index contributed by atoms with van der Waals surface area (Å²) in [6.45, 7) is 4.40. The number of rotatable bonds is 6. The molecule has 1 aromatic carbocycles. The standard InChI is InChI=1S/C15H16ClN5S2/c1-2-19(10-13-8-9-14(16)23-13)11-20-15(22)21(18-17-20)12-6-4-3-5-7-12/h3-9H,2,10-11H2,1H3. The fourth-order valence-corrected chi connectivity index (χ4v) is 3.57. The second-order valence-corrected chi connectivity index (χ2v) is 7.17. The van der Waals surface area contributed by atoms with Gasteiger partial charge < -0.3 is 0 Å². The van der Waals surface area contributed by atoms with Crippen LogP contribution in [0.4, 0.5) is 0 Å². The number of benzene rings is 1. The molecule has 0 unspecified atom stereocenters. The summed E-state index contributed by atoms with van der Waals surface area (Å²) in [5.41, 5.74) is 0.914. The van der Waals surface area contributed by atoms with Gasteiger partial charge >= 0.3 is 0 Å². The van der Waals surface area contributed by atoms with Gasteiger partial charge in [0.05, 0.1) is 16.7 Å². The van der Waals surface area contributed by atoms with Crippen LogP contribution < -0.4 is 0 Å². The highest BCUT2D eigenvalue weighted by molar-refractivity contribution is 7.71. The summed E-state index contributed by atoms with van der Waals surface area (Å²) < 4.78 is 4.80. The summed E-state index contributed by atoms with van der Waals surface area (Å²) >= 11 is 13.1. The fraction of sp³-hybridized carbons (Fsp3) is 0.267. The van der Waals surface area contributed by atoms with Crippen LogP contribution in [-0.2, 0) is 13.2 Å². The molecule has 2 aromatic heterocycles. The number of tetrazole rings is 1. The first kappa shape index (κ1) is 16.3. The summed E-state index contributed by atoms with van der Waals surface area (Å²) in [6, 6.07) is 13.8. The van der Waals surface area contributed by atoms with Crippen LogP contribution in [0.15, 0.2) is 42.5 Å². The van der Waals surface area contributed by atoms with E-state index in [-0.39, 0.29) is 0 Å². The monoisotopic (exact) mass is 365 g/mol. The highest BCUT2D eigenvalue weighted by atomic mass is 35.5. The van der Waals surface area contributed by atoms with Crippen LogP contribution in [0, 0.1) is 4.77 Å². The largest absolute Gasteiger partial charge is 0.279 e. The Morgan fingerprint density at radius 1 is 1.17 bits per heavy atom. The van der Waals surface area contributed by atoms with Crippen molar-refractivity contribution >= 4 is 35.2 Å². The van der Waals surface area contributed by atoms with Crippen molar-refractivity contribution in [1.82, 2.24) is 24.7 Å². The number of para-hydroxylation sites is 1. The molecule has 0 aliphatic rings. The second-order valence-electron chi connectivity index (χ2n) is 5.00. The van der Waals surface area contributed by atoms with Crippen molar-refractivity contribution in [3.8, 4) is 5.69 Å². The predicted octanol–water partition coefficient (Wildman–Crippen LogP) is 3.99. The van der Waals surface area contributed by atoms with Crippen molar-refractivity contribution in [2.75, 3.05) is 6.54 Å². The predicted molar refractivity (Wildman–Crippen MR) is 95.6 cm³/mol. The number of aromatic nitrogens is 4. The lowest BCUT2D eigenvalue weighted by Crippen LogP contribution is -2.26. The van der Waals surface area contributed by atoms with Crippen molar-refractivity contribution < 1.29 is 0 Å². The quantitative estimate of drug-likeness (QED) is 0.619. The molecule has 3 rings (SSSR count). The maximum atomic E-state index is 6.00. The van der Waals surface area contributed by atoms with Gasteiger partial charge in [0.25, 0.3) is 0 Å². The Morgan fingerprint density at radius 3 is 2.61 bits per heavy atom.